The third-order valence-electron chi connectivity index (χ3n) is 4.27. The van der Waals surface area contributed by atoms with E-state index in [-0.39, 0.29) is 17.1 Å². The van der Waals surface area contributed by atoms with Gasteiger partial charge in [-0.3, -0.25) is 9.36 Å². The quantitative estimate of drug-likeness (QED) is 0.588. The van der Waals surface area contributed by atoms with Crippen LogP contribution in [0.25, 0.3) is 5.69 Å². The van der Waals surface area contributed by atoms with Crippen LogP contribution in [0, 0.1) is 5.92 Å². The number of carbonyl (C=O) groups is 1. The average Bonchev–Trinajstić information content (AvgIpc) is 3.18. The molecule has 0 unspecified atom stereocenters. The third kappa shape index (κ3) is 4.72. The maximum absolute atomic E-state index is 12.8. The molecule has 0 saturated heterocycles. The number of hydrogen-bond acceptors (Lipinski definition) is 5. The summed E-state index contributed by atoms with van der Waals surface area (Å²) in [7, 11) is 1.63. The van der Waals surface area contributed by atoms with E-state index in [1.165, 1.54) is 11.8 Å². The lowest BCUT2D eigenvalue weighted by atomic mass is 10.1. The number of ether oxygens (including phenoxy) is 1. The van der Waals surface area contributed by atoms with Crippen LogP contribution in [0.2, 0.25) is 0 Å². The highest BCUT2D eigenvalue weighted by Crippen LogP contribution is 2.31. The van der Waals surface area contributed by atoms with E-state index in [4.69, 9.17) is 4.74 Å². The van der Waals surface area contributed by atoms with E-state index in [1.54, 1.807) is 13.4 Å². The fourth-order valence-electron chi connectivity index (χ4n) is 2.79. The van der Waals surface area contributed by atoms with Crippen molar-refractivity contribution >= 4 is 17.7 Å². The molecule has 1 N–H and O–H groups in total. The van der Waals surface area contributed by atoms with E-state index >= 15 is 0 Å². The molecule has 1 aromatic heterocycles. The van der Waals surface area contributed by atoms with Crippen molar-refractivity contribution in [3.63, 3.8) is 0 Å². The summed E-state index contributed by atoms with van der Waals surface area (Å²) < 4.78 is 7.30. The summed E-state index contributed by atoms with van der Waals surface area (Å²) in [6.45, 7) is 4.57. The summed E-state index contributed by atoms with van der Waals surface area (Å²) in [5, 5.41) is 11.7. The summed E-state index contributed by atoms with van der Waals surface area (Å²) in [5.41, 5.74) is 1.91. The van der Waals surface area contributed by atoms with Gasteiger partial charge in [0.05, 0.1) is 18.0 Å². The minimum absolute atomic E-state index is 0.0153. The van der Waals surface area contributed by atoms with E-state index < -0.39 is 0 Å². The largest absolute Gasteiger partial charge is 0.495 e. The number of aromatic nitrogens is 3. The molecule has 0 aliphatic heterocycles. The zero-order chi connectivity index (χ0) is 19.9. The Hall–Kier alpha value is -2.80. The lowest BCUT2D eigenvalue weighted by molar-refractivity contribution is -0.121. The molecule has 1 amide bonds. The number of para-hydroxylation sites is 2. The molecule has 7 heteroatoms. The van der Waals surface area contributed by atoms with Crippen LogP contribution in [-0.2, 0) is 11.3 Å². The van der Waals surface area contributed by atoms with Crippen molar-refractivity contribution in [3.8, 4) is 11.4 Å². The van der Waals surface area contributed by atoms with Crippen LogP contribution < -0.4 is 10.1 Å². The molecule has 1 atom stereocenters. The molecule has 0 spiro atoms. The van der Waals surface area contributed by atoms with Crippen LogP contribution in [0.4, 0.5) is 0 Å². The SMILES string of the molecule is COc1ccccc1-n1cnnc1S[C@@H](C(=O)NCc1ccccc1)C(C)C. The van der Waals surface area contributed by atoms with Crippen LogP contribution in [0.15, 0.2) is 66.1 Å². The maximum Gasteiger partial charge on any atom is 0.234 e. The second-order valence-corrected chi connectivity index (χ2v) is 7.75. The molecule has 146 valence electrons. The van der Waals surface area contributed by atoms with Gasteiger partial charge in [-0.2, -0.15) is 0 Å². The number of methoxy groups -OCH3 is 1. The molecule has 2 aromatic carbocycles. The molecule has 1 heterocycles. The highest BCUT2D eigenvalue weighted by Gasteiger charge is 2.26. The molecular formula is C21H24N4O2S. The molecule has 0 saturated carbocycles. The van der Waals surface area contributed by atoms with E-state index in [1.807, 2.05) is 73.0 Å². The van der Waals surface area contributed by atoms with Gasteiger partial charge in [0.2, 0.25) is 5.91 Å². The highest BCUT2D eigenvalue weighted by atomic mass is 32.2. The Labute approximate surface area is 169 Å². The standard InChI is InChI=1S/C21H24N4O2S/c1-15(2)19(20(26)22-13-16-9-5-4-6-10-16)28-21-24-23-14-25(21)17-11-7-8-12-18(17)27-3/h4-12,14-15,19H,13H2,1-3H3,(H,22,26)/t19-/m1/s1. The smallest absolute Gasteiger partial charge is 0.234 e. The highest BCUT2D eigenvalue weighted by molar-refractivity contribution is 8.00. The van der Waals surface area contributed by atoms with E-state index in [0.29, 0.717) is 11.7 Å². The molecular weight excluding hydrogens is 372 g/mol. The number of nitrogens with zero attached hydrogens (tertiary/aromatic N) is 3. The number of nitrogens with one attached hydrogen (secondary N) is 1. The Morgan fingerprint density at radius 3 is 2.57 bits per heavy atom. The van der Waals surface area contributed by atoms with Gasteiger partial charge in [0, 0.05) is 6.54 Å². The molecule has 0 radical (unpaired) electrons. The summed E-state index contributed by atoms with van der Waals surface area (Å²) in [6, 6.07) is 17.5. The van der Waals surface area contributed by atoms with Gasteiger partial charge in [-0.1, -0.05) is 68.1 Å². The molecule has 6 nitrogen and oxygen atoms in total. The van der Waals surface area contributed by atoms with Gasteiger partial charge in [-0.25, -0.2) is 0 Å². The van der Waals surface area contributed by atoms with Crippen molar-refractivity contribution in [1.29, 1.82) is 0 Å². The van der Waals surface area contributed by atoms with Gasteiger partial charge >= 0.3 is 0 Å². The van der Waals surface area contributed by atoms with Gasteiger partial charge in [0.15, 0.2) is 5.16 Å². The average molecular weight is 397 g/mol. The second-order valence-electron chi connectivity index (χ2n) is 6.64. The summed E-state index contributed by atoms with van der Waals surface area (Å²) >= 11 is 1.41. The van der Waals surface area contributed by atoms with Crippen molar-refractivity contribution in [3.05, 3.63) is 66.5 Å². The number of rotatable bonds is 8. The summed E-state index contributed by atoms with van der Waals surface area (Å²) in [6.07, 6.45) is 1.64. The van der Waals surface area contributed by atoms with Crippen LogP contribution in [0.1, 0.15) is 19.4 Å². The number of amides is 1. The molecule has 3 rings (SSSR count). The van der Waals surface area contributed by atoms with Gasteiger partial charge in [-0.05, 0) is 23.6 Å². The number of benzene rings is 2. The fraction of sp³-hybridized carbons (Fsp3) is 0.286. The number of hydrogen-bond donors (Lipinski definition) is 1. The molecule has 0 bridgehead atoms. The molecule has 28 heavy (non-hydrogen) atoms. The van der Waals surface area contributed by atoms with Gasteiger partial charge < -0.3 is 10.1 Å². The van der Waals surface area contributed by atoms with Crippen molar-refractivity contribution in [2.45, 2.75) is 30.8 Å². The Morgan fingerprint density at radius 1 is 1.14 bits per heavy atom. The number of thioether (sulfide) groups is 1. The molecule has 0 fully saturated rings. The summed E-state index contributed by atoms with van der Waals surface area (Å²) in [4.78, 5) is 12.8. The monoisotopic (exact) mass is 396 g/mol. The normalized spacial score (nSPS) is 12.0. The Balaban J connectivity index is 1.76. The zero-order valence-corrected chi connectivity index (χ0v) is 17.0. The van der Waals surface area contributed by atoms with Crippen molar-refractivity contribution in [2.75, 3.05) is 7.11 Å². The Bertz CT molecular complexity index is 912. The fourth-order valence-corrected chi connectivity index (χ4v) is 3.83. The maximum atomic E-state index is 12.8. The minimum Gasteiger partial charge on any atom is -0.495 e. The van der Waals surface area contributed by atoms with Crippen LogP contribution >= 0.6 is 11.8 Å². The topological polar surface area (TPSA) is 69.0 Å². The predicted molar refractivity (Wildman–Crippen MR) is 111 cm³/mol. The Kier molecular flexibility index (Phi) is 6.71. The van der Waals surface area contributed by atoms with Crippen molar-refractivity contribution in [1.82, 2.24) is 20.1 Å². The first-order valence-electron chi connectivity index (χ1n) is 9.12. The van der Waals surface area contributed by atoms with Gasteiger partial charge in [-0.15, -0.1) is 10.2 Å². The lowest BCUT2D eigenvalue weighted by Crippen LogP contribution is -2.35. The second kappa shape index (κ2) is 9.41. The van der Waals surface area contributed by atoms with Crippen LogP contribution in [0.5, 0.6) is 5.75 Å². The van der Waals surface area contributed by atoms with E-state index in [9.17, 15) is 4.79 Å². The van der Waals surface area contributed by atoms with Crippen LogP contribution in [-0.4, -0.2) is 33.0 Å². The zero-order valence-electron chi connectivity index (χ0n) is 16.2. The van der Waals surface area contributed by atoms with Crippen molar-refractivity contribution in [2.24, 2.45) is 5.92 Å². The molecule has 3 aromatic rings. The third-order valence-corrected chi connectivity index (χ3v) is 5.77. The minimum atomic E-state index is -0.290. The lowest BCUT2D eigenvalue weighted by Gasteiger charge is -2.20. The first-order valence-corrected chi connectivity index (χ1v) is 10.00. The van der Waals surface area contributed by atoms with Gasteiger partial charge in [0.25, 0.3) is 0 Å². The van der Waals surface area contributed by atoms with E-state index in [2.05, 4.69) is 15.5 Å². The first-order chi connectivity index (χ1) is 13.6. The first kappa shape index (κ1) is 19.9. The predicted octanol–water partition coefficient (Wildman–Crippen LogP) is 3.71. The van der Waals surface area contributed by atoms with Crippen molar-refractivity contribution < 1.29 is 9.53 Å². The molecule has 0 aliphatic carbocycles. The van der Waals surface area contributed by atoms with E-state index in [0.717, 1.165) is 17.0 Å². The van der Waals surface area contributed by atoms with Crippen LogP contribution in [0.3, 0.4) is 0 Å². The number of carbonyl (C=O) groups excluding carboxylic acids is 1. The Morgan fingerprint density at radius 2 is 1.86 bits per heavy atom. The molecule has 0 aliphatic rings. The van der Waals surface area contributed by atoms with Gasteiger partial charge in [0.1, 0.15) is 12.1 Å². The summed E-state index contributed by atoms with van der Waals surface area (Å²) in [5.74, 6) is 0.834.